The average Bonchev–Trinajstić information content (AvgIpc) is 2.42. The second-order valence-corrected chi connectivity index (χ2v) is 4.20. The Balaban J connectivity index is 2.41. The Morgan fingerprint density at radius 3 is 2.44 bits per heavy atom. The van der Waals surface area contributed by atoms with E-state index in [0.29, 0.717) is 17.9 Å². The Kier molecular flexibility index (Phi) is 6.83. The first-order valence-electron chi connectivity index (χ1n) is 5.94. The summed E-state index contributed by atoms with van der Waals surface area (Å²) in [5.41, 5.74) is 0.388. The maximum Gasteiger partial charge on any atom is 0.276 e. The van der Waals surface area contributed by atoms with Gasteiger partial charge in [0.25, 0.3) is 5.78 Å². The fourth-order valence-electron chi connectivity index (χ4n) is 1.40. The van der Waals surface area contributed by atoms with Gasteiger partial charge in [-0.15, -0.1) is 11.6 Å². The zero-order chi connectivity index (χ0) is 13.2. The van der Waals surface area contributed by atoms with Crippen LogP contribution in [-0.4, -0.2) is 17.4 Å². The number of carbonyl (C=O) groups excluding carboxylic acids is 2. The van der Waals surface area contributed by atoms with Crippen molar-refractivity contribution < 1.29 is 9.59 Å². The summed E-state index contributed by atoms with van der Waals surface area (Å²) in [6, 6.07) is 8.47. The van der Waals surface area contributed by atoms with E-state index in [-0.39, 0.29) is 0 Å². The van der Waals surface area contributed by atoms with Crippen LogP contribution in [0.15, 0.2) is 30.3 Å². The van der Waals surface area contributed by atoms with Crippen LogP contribution in [0.3, 0.4) is 0 Å². The molecule has 2 nitrogen and oxygen atoms in total. The molecule has 1 rings (SSSR count). The minimum absolute atomic E-state index is 0.388. The summed E-state index contributed by atoms with van der Waals surface area (Å²) >= 11 is 5.54. The van der Waals surface area contributed by atoms with Crippen molar-refractivity contribution in [3.05, 3.63) is 35.9 Å². The van der Waals surface area contributed by atoms with Gasteiger partial charge in [0.05, 0.1) is 0 Å². The number of halogens is 1. The zero-order valence-electron chi connectivity index (χ0n) is 10.1. The molecule has 0 bridgehead atoms. The van der Waals surface area contributed by atoms with Gasteiger partial charge in [0.15, 0.2) is 0 Å². The lowest BCUT2D eigenvalue weighted by Gasteiger charge is -1.94. The molecule has 0 atom stereocenters. The van der Waals surface area contributed by atoms with Crippen molar-refractivity contribution in [2.45, 2.75) is 25.7 Å². The Morgan fingerprint density at radius 1 is 1.06 bits per heavy atom. The Morgan fingerprint density at radius 2 is 1.78 bits per heavy atom. The number of ketones is 2. The molecular weight excluding hydrogens is 248 g/mol. The number of hydrogen-bond acceptors (Lipinski definition) is 2. The SMILES string of the molecule is O=C(C#CCCCCCCl)C(=O)c1ccccc1. The molecule has 0 aliphatic heterocycles. The van der Waals surface area contributed by atoms with Gasteiger partial charge < -0.3 is 0 Å². The highest BCUT2D eigenvalue weighted by atomic mass is 35.5. The summed E-state index contributed by atoms with van der Waals surface area (Å²) in [5, 5.41) is 0. The van der Waals surface area contributed by atoms with Crippen LogP contribution >= 0.6 is 11.6 Å². The molecular formula is C15H15ClO2. The number of unbranched alkanes of at least 4 members (excludes halogenated alkanes) is 3. The van der Waals surface area contributed by atoms with E-state index in [4.69, 9.17) is 11.6 Å². The van der Waals surface area contributed by atoms with Crippen LogP contribution in [0.4, 0.5) is 0 Å². The van der Waals surface area contributed by atoms with E-state index < -0.39 is 11.6 Å². The van der Waals surface area contributed by atoms with Crippen LogP contribution in [0.25, 0.3) is 0 Å². The average molecular weight is 263 g/mol. The molecule has 0 saturated heterocycles. The molecule has 0 saturated carbocycles. The number of hydrogen-bond donors (Lipinski definition) is 0. The van der Waals surface area contributed by atoms with Crippen molar-refractivity contribution in [3.63, 3.8) is 0 Å². The third-order valence-electron chi connectivity index (χ3n) is 2.38. The Bertz CT molecular complexity index is 454. The summed E-state index contributed by atoms with van der Waals surface area (Å²) in [7, 11) is 0. The highest BCUT2D eigenvalue weighted by Gasteiger charge is 2.12. The molecule has 94 valence electrons. The van der Waals surface area contributed by atoms with Gasteiger partial charge >= 0.3 is 0 Å². The normalized spacial score (nSPS) is 9.39. The topological polar surface area (TPSA) is 34.1 Å². The minimum atomic E-state index is -0.640. The lowest BCUT2D eigenvalue weighted by Crippen LogP contribution is -2.11. The van der Waals surface area contributed by atoms with Crippen molar-refractivity contribution in [1.29, 1.82) is 0 Å². The van der Waals surface area contributed by atoms with E-state index >= 15 is 0 Å². The Labute approximate surface area is 112 Å². The van der Waals surface area contributed by atoms with Crippen molar-refractivity contribution in [1.82, 2.24) is 0 Å². The monoisotopic (exact) mass is 262 g/mol. The van der Waals surface area contributed by atoms with Crippen LogP contribution in [0.5, 0.6) is 0 Å². The summed E-state index contributed by atoms with van der Waals surface area (Å²) < 4.78 is 0. The number of carbonyl (C=O) groups is 2. The van der Waals surface area contributed by atoms with Gasteiger partial charge in [-0.1, -0.05) is 42.7 Å². The predicted molar refractivity (Wildman–Crippen MR) is 72.7 cm³/mol. The Hall–Kier alpha value is -1.59. The molecule has 0 aliphatic rings. The summed E-state index contributed by atoms with van der Waals surface area (Å²) in [6.07, 6.45) is 3.50. The van der Waals surface area contributed by atoms with Gasteiger partial charge in [0, 0.05) is 17.9 Å². The molecule has 0 unspecified atom stereocenters. The summed E-state index contributed by atoms with van der Waals surface area (Å²) in [6.45, 7) is 0. The van der Waals surface area contributed by atoms with E-state index in [2.05, 4.69) is 11.8 Å². The van der Waals surface area contributed by atoms with Crippen LogP contribution < -0.4 is 0 Å². The van der Waals surface area contributed by atoms with Gasteiger partial charge in [-0.25, -0.2) is 0 Å². The van der Waals surface area contributed by atoms with Crippen molar-refractivity contribution in [2.24, 2.45) is 0 Å². The quantitative estimate of drug-likeness (QED) is 0.197. The molecule has 0 radical (unpaired) electrons. The predicted octanol–water partition coefficient (Wildman–Crippen LogP) is 3.24. The smallest absolute Gasteiger partial charge is 0.276 e. The molecule has 0 N–H and O–H groups in total. The second-order valence-electron chi connectivity index (χ2n) is 3.83. The van der Waals surface area contributed by atoms with Crippen LogP contribution in [0.2, 0.25) is 0 Å². The number of alkyl halides is 1. The summed E-state index contributed by atoms with van der Waals surface area (Å²) in [5.74, 6) is 4.59. The highest BCUT2D eigenvalue weighted by molar-refractivity contribution is 6.49. The second kappa shape index (κ2) is 8.49. The van der Waals surface area contributed by atoms with E-state index in [0.717, 1.165) is 19.3 Å². The molecule has 0 amide bonds. The summed E-state index contributed by atoms with van der Waals surface area (Å²) in [4.78, 5) is 23.1. The molecule has 0 aliphatic carbocycles. The molecule has 1 aromatic rings. The zero-order valence-corrected chi connectivity index (χ0v) is 10.9. The first kappa shape index (κ1) is 14.5. The third kappa shape index (κ3) is 5.16. The van der Waals surface area contributed by atoms with Crippen molar-refractivity contribution >= 4 is 23.2 Å². The largest absolute Gasteiger partial charge is 0.284 e. The molecule has 18 heavy (non-hydrogen) atoms. The van der Waals surface area contributed by atoms with Crippen molar-refractivity contribution in [2.75, 3.05) is 5.88 Å². The maximum absolute atomic E-state index is 11.6. The van der Waals surface area contributed by atoms with E-state index in [1.54, 1.807) is 30.3 Å². The number of benzene rings is 1. The molecule has 0 aromatic heterocycles. The van der Waals surface area contributed by atoms with Gasteiger partial charge in [-0.3, -0.25) is 9.59 Å². The van der Waals surface area contributed by atoms with Crippen molar-refractivity contribution in [3.8, 4) is 11.8 Å². The lowest BCUT2D eigenvalue weighted by molar-refractivity contribution is -0.110. The lowest BCUT2D eigenvalue weighted by atomic mass is 10.1. The van der Waals surface area contributed by atoms with Crippen LogP contribution in [0, 0.1) is 11.8 Å². The molecule has 0 spiro atoms. The minimum Gasteiger partial charge on any atom is -0.284 e. The van der Waals surface area contributed by atoms with E-state index in [1.165, 1.54) is 0 Å². The molecule has 1 aromatic carbocycles. The maximum atomic E-state index is 11.6. The standard InChI is InChI=1S/C15H15ClO2/c16-12-8-3-1-2-7-11-14(17)15(18)13-9-5-4-6-10-13/h4-6,9-10H,1-3,8,12H2. The number of Topliss-reactive ketones (excluding diaryl/α,β-unsaturated/α-hetero) is 2. The molecule has 0 heterocycles. The molecule has 0 fully saturated rings. The van der Waals surface area contributed by atoms with Gasteiger partial charge in [0.2, 0.25) is 5.78 Å². The molecule has 3 heteroatoms. The third-order valence-corrected chi connectivity index (χ3v) is 2.65. The van der Waals surface area contributed by atoms with Gasteiger partial charge in [-0.2, -0.15) is 0 Å². The van der Waals surface area contributed by atoms with E-state index in [1.807, 2.05) is 0 Å². The van der Waals surface area contributed by atoms with Crippen LogP contribution in [-0.2, 0) is 4.79 Å². The van der Waals surface area contributed by atoms with E-state index in [9.17, 15) is 9.59 Å². The van der Waals surface area contributed by atoms with Gasteiger partial charge in [-0.05, 0) is 18.8 Å². The van der Waals surface area contributed by atoms with Gasteiger partial charge in [0.1, 0.15) is 0 Å². The first-order chi connectivity index (χ1) is 8.75. The first-order valence-corrected chi connectivity index (χ1v) is 6.47. The van der Waals surface area contributed by atoms with Crippen LogP contribution in [0.1, 0.15) is 36.0 Å². The number of rotatable bonds is 6. The fourth-order valence-corrected chi connectivity index (χ4v) is 1.59. The highest BCUT2D eigenvalue weighted by Crippen LogP contribution is 2.01. The fraction of sp³-hybridized carbons (Fsp3) is 0.333.